The summed E-state index contributed by atoms with van der Waals surface area (Å²) in [6, 6.07) is 0. The van der Waals surface area contributed by atoms with Crippen LogP contribution in [0.5, 0.6) is 0 Å². The van der Waals surface area contributed by atoms with Crippen molar-refractivity contribution in [2.75, 3.05) is 0 Å². The summed E-state index contributed by atoms with van der Waals surface area (Å²) < 4.78 is 0. The first kappa shape index (κ1) is 15.3. The van der Waals surface area contributed by atoms with Crippen LogP contribution < -0.4 is 0 Å². The Bertz CT molecular complexity index is 214. The lowest BCUT2D eigenvalue weighted by Gasteiger charge is -1.97. The van der Waals surface area contributed by atoms with Gasteiger partial charge in [-0.1, -0.05) is 70.8 Å². The van der Waals surface area contributed by atoms with E-state index in [4.69, 9.17) is 0 Å². The van der Waals surface area contributed by atoms with E-state index in [1.165, 1.54) is 51.4 Å². The molecule has 0 aliphatic heterocycles. The average Bonchev–Trinajstić information content (AvgIpc) is 2.29. The zero-order chi connectivity index (χ0) is 12.1. The normalized spacial score (nSPS) is 9.62. The Labute approximate surface area is 103 Å². The summed E-state index contributed by atoms with van der Waals surface area (Å²) >= 11 is 0. The van der Waals surface area contributed by atoms with E-state index in [-0.39, 0.29) is 0 Å². The van der Waals surface area contributed by atoms with E-state index < -0.39 is 0 Å². The Hall–Kier alpha value is -0.700. The van der Waals surface area contributed by atoms with E-state index >= 15 is 0 Å². The molecule has 92 valence electrons. The largest absolute Gasteiger partial charge is 0.0983 e. The second-order valence-corrected chi connectivity index (χ2v) is 4.53. The molecular weight excluding hydrogens is 192 g/mol. The number of unbranched alkanes of at least 4 members (excludes halogenated alkanes) is 7. The molecule has 0 heterocycles. The van der Waals surface area contributed by atoms with Gasteiger partial charge in [0.15, 0.2) is 0 Å². The average molecular weight is 220 g/mol. The fourth-order valence-corrected chi connectivity index (χ4v) is 1.66. The Kier molecular flexibility index (Phi) is 11.8. The maximum absolute atomic E-state index is 4.01. The van der Waals surface area contributed by atoms with E-state index in [1.807, 2.05) is 0 Å². The summed E-state index contributed by atoms with van der Waals surface area (Å²) in [7, 11) is 0. The van der Waals surface area contributed by atoms with Gasteiger partial charge in [0.1, 0.15) is 0 Å². The number of rotatable bonds is 9. The Morgan fingerprint density at radius 3 is 2.12 bits per heavy atom. The highest BCUT2D eigenvalue weighted by molar-refractivity contribution is 5.25. The molecule has 0 aliphatic carbocycles. The van der Waals surface area contributed by atoms with E-state index in [9.17, 15) is 0 Å². The minimum Gasteiger partial charge on any atom is -0.0983 e. The van der Waals surface area contributed by atoms with Gasteiger partial charge in [0.25, 0.3) is 0 Å². The van der Waals surface area contributed by atoms with Crippen LogP contribution in [0.25, 0.3) is 0 Å². The number of hydrogen-bond donors (Lipinski definition) is 0. The highest BCUT2D eigenvalue weighted by Crippen LogP contribution is 2.08. The molecule has 0 unspecified atom stereocenters. The van der Waals surface area contributed by atoms with Crippen molar-refractivity contribution in [1.29, 1.82) is 0 Å². The third-order valence-electron chi connectivity index (χ3n) is 2.75. The van der Waals surface area contributed by atoms with Gasteiger partial charge in [-0.15, -0.1) is 0 Å². The van der Waals surface area contributed by atoms with Crippen molar-refractivity contribution in [2.24, 2.45) is 0 Å². The fourth-order valence-electron chi connectivity index (χ4n) is 1.66. The maximum atomic E-state index is 4.01. The highest BCUT2D eigenvalue weighted by atomic mass is 14.0. The number of allylic oxidation sites excluding steroid dienone is 1. The highest BCUT2D eigenvalue weighted by Gasteiger charge is 1.90. The zero-order valence-corrected chi connectivity index (χ0v) is 11.3. The van der Waals surface area contributed by atoms with E-state index in [0.717, 1.165) is 18.4 Å². The Balaban J connectivity index is 3.36. The molecule has 0 aliphatic rings. The maximum Gasteiger partial charge on any atom is 0.00923 e. The third kappa shape index (κ3) is 11.4. The lowest BCUT2D eigenvalue weighted by atomic mass is 10.1. The molecule has 0 saturated heterocycles. The summed E-state index contributed by atoms with van der Waals surface area (Å²) in [4.78, 5) is 0. The van der Waals surface area contributed by atoms with Crippen molar-refractivity contribution in [3.63, 3.8) is 0 Å². The smallest absolute Gasteiger partial charge is 0.00923 e. The first-order chi connectivity index (χ1) is 7.81. The molecule has 0 aromatic heterocycles. The standard InChI is InChI=1S/C16H28/c1-4-6-8-10-11-13-15-16(3)14-12-9-7-5-2/h3-12,14H2,1-2H3. The van der Waals surface area contributed by atoms with Gasteiger partial charge < -0.3 is 0 Å². The molecule has 0 spiro atoms. The third-order valence-corrected chi connectivity index (χ3v) is 2.75. The Morgan fingerprint density at radius 2 is 1.50 bits per heavy atom. The van der Waals surface area contributed by atoms with Crippen LogP contribution in [0.4, 0.5) is 0 Å². The SMILES string of the molecule is C=C(C#CCCCCCC)CCCCCC. The lowest BCUT2D eigenvalue weighted by molar-refractivity contribution is 0.669. The monoisotopic (exact) mass is 220 g/mol. The van der Waals surface area contributed by atoms with Gasteiger partial charge in [-0.05, 0) is 24.8 Å². The molecule has 0 fully saturated rings. The quantitative estimate of drug-likeness (QED) is 0.356. The molecule has 0 aromatic carbocycles. The van der Waals surface area contributed by atoms with Crippen LogP contribution in [0.1, 0.15) is 78.1 Å². The van der Waals surface area contributed by atoms with Gasteiger partial charge in [0.05, 0.1) is 0 Å². The van der Waals surface area contributed by atoms with Gasteiger partial charge in [-0.3, -0.25) is 0 Å². The summed E-state index contributed by atoms with van der Waals surface area (Å²) in [5, 5.41) is 0. The molecule has 0 heteroatoms. The molecule has 16 heavy (non-hydrogen) atoms. The van der Waals surface area contributed by atoms with Crippen LogP contribution in [-0.2, 0) is 0 Å². The molecule has 0 N–H and O–H groups in total. The van der Waals surface area contributed by atoms with Crippen LogP contribution in [-0.4, -0.2) is 0 Å². The fraction of sp³-hybridized carbons (Fsp3) is 0.750. The van der Waals surface area contributed by atoms with Crippen molar-refractivity contribution < 1.29 is 0 Å². The molecule has 0 amide bonds. The molecule has 0 rings (SSSR count). The van der Waals surface area contributed by atoms with E-state index in [0.29, 0.717) is 0 Å². The van der Waals surface area contributed by atoms with Gasteiger partial charge in [0, 0.05) is 6.42 Å². The molecule has 0 saturated carbocycles. The van der Waals surface area contributed by atoms with Gasteiger partial charge >= 0.3 is 0 Å². The van der Waals surface area contributed by atoms with Crippen molar-refractivity contribution >= 4 is 0 Å². The first-order valence-electron chi connectivity index (χ1n) is 6.97. The van der Waals surface area contributed by atoms with Crippen molar-refractivity contribution in [3.05, 3.63) is 12.2 Å². The van der Waals surface area contributed by atoms with Crippen LogP contribution >= 0.6 is 0 Å². The first-order valence-corrected chi connectivity index (χ1v) is 6.97. The second kappa shape index (κ2) is 12.4. The summed E-state index contributed by atoms with van der Waals surface area (Å²) in [6.07, 6.45) is 12.6. The van der Waals surface area contributed by atoms with Crippen LogP contribution in [0.3, 0.4) is 0 Å². The molecule has 0 aromatic rings. The molecular formula is C16H28. The van der Waals surface area contributed by atoms with Gasteiger partial charge in [-0.25, -0.2) is 0 Å². The van der Waals surface area contributed by atoms with E-state index in [2.05, 4.69) is 32.3 Å². The van der Waals surface area contributed by atoms with Crippen LogP contribution in [0, 0.1) is 11.8 Å². The molecule has 0 nitrogen and oxygen atoms in total. The minimum atomic E-state index is 1.05. The predicted molar refractivity (Wildman–Crippen MR) is 74.4 cm³/mol. The summed E-state index contributed by atoms with van der Waals surface area (Å²) in [6.45, 7) is 8.49. The summed E-state index contributed by atoms with van der Waals surface area (Å²) in [5.74, 6) is 6.43. The van der Waals surface area contributed by atoms with E-state index in [1.54, 1.807) is 0 Å². The minimum absolute atomic E-state index is 1.05. The van der Waals surface area contributed by atoms with Crippen LogP contribution in [0.15, 0.2) is 12.2 Å². The zero-order valence-electron chi connectivity index (χ0n) is 11.3. The summed E-state index contributed by atoms with van der Waals surface area (Å²) in [5.41, 5.74) is 1.13. The molecule has 0 atom stereocenters. The van der Waals surface area contributed by atoms with Crippen molar-refractivity contribution in [2.45, 2.75) is 78.1 Å². The second-order valence-electron chi connectivity index (χ2n) is 4.53. The number of hydrogen-bond acceptors (Lipinski definition) is 0. The predicted octanol–water partition coefficient (Wildman–Crippen LogP) is 5.49. The topological polar surface area (TPSA) is 0 Å². The lowest BCUT2D eigenvalue weighted by Crippen LogP contribution is -1.80. The van der Waals surface area contributed by atoms with Gasteiger partial charge in [-0.2, -0.15) is 0 Å². The van der Waals surface area contributed by atoms with Crippen molar-refractivity contribution in [3.8, 4) is 11.8 Å². The van der Waals surface area contributed by atoms with Gasteiger partial charge in [0.2, 0.25) is 0 Å². The molecule has 0 radical (unpaired) electrons. The van der Waals surface area contributed by atoms with Crippen molar-refractivity contribution in [1.82, 2.24) is 0 Å². The Morgan fingerprint density at radius 1 is 0.875 bits per heavy atom. The van der Waals surface area contributed by atoms with Crippen LogP contribution in [0.2, 0.25) is 0 Å². The molecule has 0 bridgehead atoms.